The number of benzene rings is 1. The van der Waals surface area contributed by atoms with E-state index in [1.165, 1.54) is 6.42 Å². The monoisotopic (exact) mass is 232 g/mol. The second-order valence-electron chi connectivity index (χ2n) is 4.63. The molecule has 0 bridgehead atoms. The Morgan fingerprint density at radius 1 is 1.29 bits per heavy atom. The molecule has 1 heterocycles. The summed E-state index contributed by atoms with van der Waals surface area (Å²) >= 11 is 0. The molecule has 0 aromatic heterocycles. The molecular weight excluding hydrogens is 212 g/mol. The molecule has 92 valence electrons. The van der Waals surface area contributed by atoms with Gasteiger partial charge in [-0.15, -0.1) is 0 Å². The van der Waals surface area contributed by atoms with Crippen LogP contribution < -0.4 is 5.32 Å². The Morgan fingerprint density at radius 3 is 2.53 bits per heavy atom. The van der Waals surface area contributed by atoms with E-state index in [0.717, 1.165) is 37.5 Å². The number of hydrogen-bond acceptors (Lipinski definition) is 1. The molecule has 1 aromatic carbocycles. The number of nitrogens with one attached hydrogen (secondary N) is 1. The minimum absolute atomic E-state index is 0.0331. The van der Waals surface area contributed by atoms with E-state index in [2.05, 4.69) is 12.2 Å². The minimum atomic E-state index is 0.0331. The summed E-state index contributed by atoms with van der Waals surface area (Å²) in [4.78, 5) is 13.9. The summed E-state index contributed by atoms with van der Waals surface area (Å²) < 4.78 is 0. The maximum Gasteiger partial charge on any atom is 0.321 e. The highest BCUT2D eigenvalue weighted by molar-refractivity contribution is 5.89. The van der Waals surface area contributed by atoms with Crippen molar-refractivity contribution >= 4 is 11.7 Å². The maximum absolute atomic E-state index is 12.0. The summed E-state index contributed by atoms with van der Waals surface area (Å²) in [7, 11) is 0. The van der Waals surface area contributed by atoms with Crippen molar-refractivity contribution in [1.29, 1.82) is 0 Å². The molecule has 0 unspecified atom stereocenters. The third-order valence-corrected chi connectivity index (χ3v) is 3.50. The Labute approximate surface area is 103 Å². The van der Waals surface area contributed by atoms with Crippen molar-refractivity contribution in [2.45, 2.75) is 26.2 Å². The second kappa shape index (κ2) is 5.71. The predicted octanol–water partition coefficient (Wildman–Crippen LogP) is 3.34. The van der Waals surface area contributed by atoms with E-state index in [1.807, 2.05) is 35.2 Å². The van der Waals surface area contributed by atoms with E-state index in [0.29, 0.717) is 0 Å². The number of anilines is 1. The zero-order chi connectivity index (χ0) is 12.1. The van der Waals surface area contributed by atoms with Crippen LogP contribution in [0.25, 0.3) is 0 Å². The topological polar surface area (TPSA) is 32.3 Å². The predicted molar refractivity (Wildman–Crippen MR) is 70.0 cm³/mol. The normalized spacial score (nSPS) is 16.9. The van der Waals surface area contributed by atoms with Crippen LogP contribution in [0, 0.1) is 5.92 Å². The molecule has 0 aliphatic carbocycles. The molecule has 0 spiro atoms. The van der Waals surface area contributed by atoms with E-state index in [-0.39, 0.29) is 6.03 Å². The number of urea groups is 1. The minimum Gasteiger partial charge on any atom is -0.325 e. The number of amides is 2. The molecule has 0 radical (unpaired) electrons. The first kappa shape index (κ1) is 12.0. The van der Waals surface area contributed by atoms with Gasteiger partial charge in [0.15, 0.2) is 0 Å². The van der Waals surface area contributed by atoms with Gasteiger partial charge in [-0.2, -0.15) is 0 Å². The van der Waals surface area contributed by atoms with E-state index >= 15 is 0 Å². The highest BCUT2D eigenvalue weighted by Gasteiger charge is 2.21. The summed E-state index contributed by atoms with van der Waals surface area (Å²) in [5.41, 5.74) is 0.870. The molecule has 0 saturated carbocycles. The van der Waals surface area contributed by atoms with Gasteiger partial charge in [0.25, 0.3) is 0 Å². The van der Waals surface area contributed by atoms with E-state index in [1.54, 1.807) is 0 Å². The first-order valence-corrected chi connectivity index (χ1v) is 6.40. The number of para-hydroxylation sites is 1. The molecule has 1 aliphatic rings. The molecule has 1 N–H and O–H groups in total. The van der Waals surface area contributed by atoms with Crippen LogP contribution in [0.4, 0.5) is 10.5 Å². The van der Waals surface area contributed by atoms with Crippen LogP contribution in [0.3, 0.4) is 0 Å². The molecule has 1 fully saturated rings. The Hall–Kier alpha value is -1.51. The Morgan fingerprint density at radius 2 is 1.94 bits per heavy atom. The quantitative estimate of drug-likeness (QED) is 0.833. The highest BCUT2D eigenvalue weighted by Crippen LogP contribution is 2.20. The number of carbonyl (C=O) groups is 1. The number of hydrogen-bond donors (Lipinski definition) is 1. The first-order chi connectivity index (χ1) is 8.29. The third kappa shape index (κ3) is 3.22. The fraction of sp³-hybridized carbons (Fsp3) is 0.500. The van der Waals surface area contributed by atoms with Crippen molar-refractivity contribution in [2.75, 3.05) is 18.4 Å². The summed E-state index contributed by atoms with van der Waals surface area (Å²) in [5.74, 6) is 0.802. The van der Waals surface area contributed by atoms with Gasteiger partial charge in [-0.3, -0.25) is 0 Å². The van der Waals surface area contributed by atoms with Gasteiger partial charge in [0.2, 0.25) is 0 Å². The Bertz CT molecular complexity index is 356. The molecular formula is C14H20N2O. The fourth-order valence-corrected chi connectivity index (χ4v) is 2.27. The molecule has 1 aliphatic heterocycles. The summed E-state index contributed by atoms with van der Waals surface area (Å²) in [5, 5.41) is 2.93. The van der Waals surface area contributed by atoms with Crippen LogP contribution in [-0.4, -0.2) is 24.0 Å². The van der Waals surface area contributed by atoms with Gasteiger partial charge in [0.05, 0.1) is 0 Å². The molecule has 0 atom stereocenters. The van der Waals surface area contributed by atoms with Crippen molar-refractivity contribution in [1.82, 2.24) is 4.90 Å². The van der Waals surface area contributed by atoms with Crippen molar-refractivity contribution < 1.29 is 4.79 Å². The SMILES string of the molecule is CCC1CCN(C(=O)Nc2ccccc2)CC1. The van der Waals surface area contributed by atoms with E-state index in [4.69, 9.17) is 0 Å². The zero-order valence-corrected chi connectivity index (χ0v) is 10.4. The van der Waals surface area contributed by atoms with Crippen LogP contribution in [0.1, 0.15) is 26.2 Å². The van der Waals surface area contributed by atoms with Gasteiger partial charge in [0, 0.05) is 18.8 Å². The average molecular weight is 232 g/mol. The lowest BCUT2D eigenvalue weighted by Gasteiger charge is -2.31. The summed E-state index contributed by atoms with van der Waals surface area (Å²) in [6.07, 6.45) is 3.51. The Balaban J connectivity index is 1.85. The standard InChI is InChI=1S/C14H20N2O/c1-2-12-8-10-16(11-9-12)14(17)15-13-6-4-3-5-7-13/h3-7,12H,2,8-11H2,1H3,(H,15,17). The summed E-state index contributed by atoms with van der Waals surface area (Å²) in [6, 6.07) is 9.67. The smallest absolute Gasteiger partial charge is 0.321 e. The van der Waals surface area contributed by atoms with Crippen molar-refractivity contribution in [3.63, 3.8) is 0 Å². The Kier molecular flexibility index (Phi) is 4.02. The lowest BCUT2D eigenvalue weighted by molar-refractivity contribution is 0.181. The zero-order valence-electron chi connectivity index (χ0n) is 10.4. The van der Waals surface area contributed by atoms with E-state index < -0.39 is 0 Å². The first-order valence-electron chi connectivity index (χ1n) is 6.40. The van der Waals surface area contributed by atoms with Crippen molar-refractivity contribution in [3.8, 4) is 0 Å². The van der Waals surface area contributed by atoms with Crippen LogP contribution in [-0.2, 0) is 0 Å². The van der Waals surface area contributed by atoms with Crippen LogP contribution in [0.2, 0.25) is 0 Å². The number of piperidine rings is 1. The number of rotatable bonds is 2. The molecule has 3 nitrogen and oxygen atoms in total. The van der Waals surface area contributed by atoms with Crippen LogP contribution in [0.5, 0.6) is 0 Å². The maximum atomic E-state index is 12.0. The third-order valence-electron chi connectivity index (χ3n) is 3.50. The molecule has 3 heteroatoms. The van der Waals surface area contributed by atoms with Gasteiger partial charge >= 0.3 is 6.03 Å². The van der Waals surface area contributed by atoms with E-state index in [9.17, 15) is 4.79 Å². The van der Waals surface area contributed by atoms with Crippen molar-refractivity contribution in [3.05, 3.63) is 30.3 Å². The van der Waals surface area contributed by atoms with Crippen LogP contribution in [0.15, 0.2) is 30.3 Å². The second-order valence-corrected chi connectivity index (χ2v) is 4.63. The largest absolute Gasteiger partial charge is 0.325 e. The summed E-state index contributed by atoms with van der Waals surface area (Å²) in [6.45, 7) is 4.00. The molecule has 2 rings (SSSR count). The van der Waals surface area contributed by atoms with Crippen molar-refractivity contribution in [2.24, 2.45) is 5.92 Å². The van der Waals surface area contributed by atoms with Gasteiger partial charge in [-0.1, -0.05) is 31.5 Å². The molecule has 2 amide bonds. The van der Waals surface area contributed by atoms with Gasteiger partial charge < -0.3 is 10.2 Å². The molecule has 1 aromatic rings. The lowest BCUT2D eigenvalue weighted by atomic mass is 9.95. The van der Waals surface area contributed by atoms with Crippen LogP contribution >= 0.6 is 0 Å². The number of carbonyl (C=O) groups excluding carboxylic acids is 1. The van der Waals surface area contributed by atoms with Gasteiger partial charge in [-0.25, -0.2) is 4.79 Å². The molecule has 1 saturated heterocycles. The van der Waals surface area contributed by atoms with Gasteiger partial charge in [0.1, 0.15) is 0 Å². The average Bonchev–Trinajstić information content (AvgIpc) is 2.40. The number of nitrogens with zero attached hydrogens (tertiary/aromatic N) is 1. The fourth-order valence-electron chi connectivity index (χ4n) is 2.27. The van der Waals surface area contributed by atoms with Gasteiger partial charge in [-0.05, 0) is 30.9 Å². The molecule has 17 heavy (non-hydrogen) atoms. The lowest BCUT2D eigenvalue weighted by Crippen LogP contribution is -2.40. The number of likely N-dealkylation sites (tertiary alicyclic amines) is 1. The highest BCUT2D eigenvalue weighted by atomic mass is 16.2.